The molecule has 0 radical (unpaired) electrons. The van der Waals surface area contributed by atoms with Gasteiger partial charge in [-0.2, -0.15) is 0 Å². The molecule has 4 nitrogen and oxygen atoms in total. The molecule has 1 aromatic carbocycles. The minimum absolute atomic E-state index is 0.540. The maximum atomic E-state index is 5.29. The Hall–Kier alpha value is -2.10. The number of hydrogen-bond acceptors (Lipinski definition) is 4. The minimum Gasteiger partial charge on any atom is -0.497 e. The van der Waals surface area contributed by atoms with Crippen LogP contribution in [0.15, 0.2) is 30.3 Å². The maximum Gasteiger partial charge on any atom is 0.134 e. The van der Waals surface area contributed by atoms with Crippen LogP contribution in [0.1, 0.15) is 31.5 Å². The molecule has 2 aromatic rings. The number of nitrogens with one attached hydrogen (secondary N) is 1. The summed E-state index contributed by atoms with van der Waals surface area (Å²) in [5.74, 6) is 3.25. The van der Waals surface area contributed by atoms with Crippen molar-refractivity contribution in [2.45, 2.75) is 25.7 Å². The molecule has 0 atom stereocenters. The topological polar surface area (TPSA) is 47.0 Å². The lowest BCUT2D eigenvalue weighted by Gasteiger charge is -2.09. The first-order chi connectivity index (χ1) is 9.80. The highest BCUT2D eigenvalue weighted by Crippen LogP contribution is 2.39. The standard InChI is InChI=1S/C16H19N3O/c1-3-17-15-10-14(18-16(19-15)11-7-8-11)12-5-4-6-13(9-12)20-2/h4-6,9-11H,3,7-8H2,1-2H3,(H,17,18,19). The van der Waals surface area contributed by atoms with Gasteiger partial charge < -0.3 is 10.1 Å². The van der Waals surface area contributed by atoms with Crippen LogP contribution in [0.5, 0.6) is 5.75 Å². The Morgan fingerprint density at radius 3 is 2.80 bits per heavy atom. The van der Waals surface area contributed by atoms with Gasteiger partial charge in [0, 0.05) is 24.1 Å². The van der Waals surface area contributed by atoms with Crippen LogP contribution >= 0.6 is 0 Å². The second kappa shape index (κ2) is 5.49. The molecular weight excluding hydrogens is 250 g/mol. The molecule has 104 valence electrons. The molecule has 4 heteroatoms. The number of ether oxygens (including phenoxy) is 1. The Bertz CT molecular complexity index is 608. The normalized spacial score (nSPS) is 14.1. The number of aromatic nitrogens is 2. The number of nitrogens with zero attached hydrogens (tertiary/aromatic N) is 2. The molecule has 1 aliphatic rings. The molecule has 1 fully saturated rings. The van der Waals surface area contributed by atoms with E-state index in [1.807, 2.05) is 24.3 Å². The van der Waals surface area contributed by atoms with E-state index in [4.69, 9.17) is 9.72 Å². The minimum atomic E-state index is 0.540. The Balaban J connectivity index is 2.01. The highest BCUT2D eigenvalue weighted by atomic mass is 16.5. The summed E-state index contributed by atoms with van der Waals surface area (Å²) in [6, 6.07) is 9.99. The van der Waals surface area contributed by atoms with Crippen molar-refractivity contribution >= 4 is 5.82 Å². The van der Waals surface area contributed by atoms with Gasteiger partial charge in [-0.25, -0.2) is 9.97 Å². The van der Waals surface area contributed by atoms with Gasteiger partial charge in [-0.1, -0.05) is 12.1 Å². The van der Waals surface area contributed by atoms with Crippen LogP contribution in [0.25, 0.3) is 11.3 Å². The summed E-state index contributed by atoms with van der Waals surface area (Å²) >= 11 is 0. The second-order valence-electron chi connectivity index (χ2n) is 5.03. The van der Waals surface area contributed by atoms with Crippen LogP contribution < -0.4 is 10.1 Å². The smallest absolute Gasteiger partial charge is 0.134 e. The number of rotatable bonds is 5. The van der Waals surface area contributed by atoms with E-state index in [0.717, 1.165) is 35.2 Å². The van der Waals surface area contributed by atoms with Gasteiger partial charge in [-0.05, 0) is 31.9 Å². The molecular formula is C16H19N3O. The van der Waals surface area contributed by atoms with Crippen molar-refractivity contribution in [1.82, 2.24) is 9.97 Å². The first kappa shape index (κ1) is 12.9. The molecule has 0 saturated heterocycles. The first-order valence-electron chi connectivity index (χ1n) is 7.07. The molecule has 0 amide bonds. The third-order valence-corrected chi connectivity index (χ3v) is 3.41. The summed E-state index contributed by atoms with van der Waals surface area (Å²) in [5.41, 5.74) is 2.02. The van der Waals surface area contributed by atoms with E-state index in [9.17, 15) is 0 Å². The fourth-order valence-electron chi connectivity index (χ4n) is 2.19. The van der Waals surface area contributed by atoms with Crippen molar-refractivity contribution in [1.29, 1.82) is 0 Å². The zero-order chi connectivity index (χ0) is 13.9. The van der Waals surface area contributed by atoms with Crippen LogP contribution in [0.3, 0.4) is 0 Å². The summed E-state index contributed by atoms with van der Waals surface area (Å²) in [5, 5.41) is 3.29. The number of methoxy groups -OCH3 is 1. The van der Waals surface area contributed by atoms with Crippen molar-refractivity contribution in [3.05, 3.63) is 36.2 Å². The lowest BCUT2D eigenvalue weighted by atomic mass is 10.1. The molecule has 1 heterocycles. The van der Waals surface area contributed by atoms with Crippen molar-refractivity contribution in [2.75, 3.05) is 19.0 Å². The largest absolute Gasteiger partial charge is 0.497 e. The molecule has 0 spiro atoms. The van der Waals surface area contributed by atoms with E-state index in [1.165, 1.54) is 12.8 Å². The Morgan fingerprint density at radius 2 is 2.10 bits per heavy atom. The Labute approximate surface area is 119 Å². The SMILES string of the molecule is CCNc1cc(-c2cccc(OC)c2)nc(C2CC2)n1. The highest BCUT2D eigenvalue weighted by Gasteiger charge is 2.27. The number of anilines is 1. The van der Waals surface area contributed by atoms with Crippen molar-refractivity contribution in [3.8, 4) is 17.0 Å². The zero-order valence-electron chi connectivity index (χ0n) is 11.9. The Morgan fingerprint density at radius 1 is 1.25 bits per heavy atom. The van der Waals surface area contributed by atoms with Gasteiger partial charge in [0.15, 0.2) is 0 Å². The van der Waals surface area contributed by atoms with Crippen LogP contribution in [-0.4, -0.2) is 23.6 Å². The van der Waals surface area contributed by atoms with Gasteiger partial charge in [-0.3, -0.25) is 0 Å². The lowest BCUT2D eigenvalue weighted by Crippen LogP contribution is -2.04. The predicted molar refractivity (Wildman–Crippen MR) is 80.2 cm³/mol. The van der Waals surface area contributed by atoms with Crippen molar-refractivity contribution in [2.24, 2.45) is 0 Å². The fourth-order valence-corrected chi connectivity index (χ4v) is 2.19. The molecule has 1 N–H and O–H groups in total. The second-order valence-corrected chi connectivity index (χ2v) is 5.03. The number of benzene rings is 1. The van der Waals surface area contributed by atoms with Crippen LogP contribution in [0.4, 0.5) is 5.82 Å². The van der Waals surface area contributed by atoms with E-state index in [0.29, 0.717) is 5.92 Å². The fraction of sp³-hybridized carbons (Fsp3) is 0.375. The average molecular weight is 269 g/mol. The summed E-state index contributed by atoms with van der Waals surface area (Å²) in [6.45, 7) is 2.93. The van der Waals surface area contributed by atoms with E-state index < -0.39 is 0 Å². The molecule has 1 aromatic heterocycles. The summed E-state index contributed by atoms with van der Waals surface area (Å²) in [7, 11) is 1.68. The third kappa shape index (κ3) is 2.74. The van der Waals surface area contributed by atoms with Gasteiger partial charge in [0.1, 0.15) is 17.4 Å². The van der Waals surface area contributed by atoms with E-state index >= 15 is 0 Å². The molecule has 20 heavy (non-hydrogen) atoms. The summed E-state index contributed by atoms with van der Waals surface area (Å²) in [4.78, 5) is 9.32. The monoisotopic (exact) mass is 269 g/mol. The Kier molecular flexibility index (Phi) is 3.54. The van der Waals surface area contributed by atoms with Gasteiger partial charge in [0.05, 0.1) is 12.8 Å². The quantitative estimate of drug-likeness (QED) is 0.903. The molecule has 1 aliphatic carbocycles. The molecule has 0 bridgehead atoms. The maximum absolute atomic E-state index is 5.29. The van der Waals surface area contributed by atoms with Gasteiger partial charge in [0.2, 0.25) is 0 Å². The van der Waals surface area contributed by atoms with Gasteiger partial charge >= 0.3 is 0 Å². The summed E-state index contributed by atoms with van der Waals surface area (Å²) < 4.78 is 5.29. The van der Waals surface area contributed by atoms with E-state index in [1.54, 1.807) is 7.11 Å². The zero-order valence-corrected chi connectivity index (χ0v) is 11.9. The molecule has 0 unspecified atom stereocenters. The first-order valence-corrected chi connectivity index (χ1v) is 7.07. The summed E-state index contributed by atoms with van der Waals surface area (Å²) in [6.07, 6.45) is 2.40. The number of hydrogen-bond donors (Lipinski definition) is 1. The predicted octanol–water partition coefficient (Wildman–Crippen LogP) is 3.46. The van der Waals surface area contributed by atoms with Crippen molar-refractivity contribution < 1.29 is 4.74 Å². The molecule has 3 rings (SSSR count). The van der Waals surface area contributed by atoms with Crippen LogP contribution in [0, 0.1) is 0 Å². The van der Waals surface area contributed by atoms with Crippen LogP contribution in [-0.2, 0) is 0 Å². The third-order valence-electron chi connectivity index (χ3n) is 3.41. The van der Waals surface area contributed by atoms with Crippen LogP contribution in [0.2, 0.25) is 0 Å². The molecule has 0 aliphatic heterocycles. The lowest BCUT2D eigenvalue weighted by molar-refractivity contribution is 0.415. The van der Waals surface area contributed by atoms with Crippen molar-refractivity contribution in [3.63, 3.8) is 0 Å². The highest BCUT2D eigenvalue weighted by molar-refractivity contribution is 5.64. The van der Waals surface area contributed by atoms with E-state index in [-0.39, 0.29) is 0 Å². The average Bonchev–Trinajstić information content (AvgIpc) is 3.32. The van der Waals surface area contributed by atoms with E-state index in [2.05, 4.69) is 23.3 Å². The molecule has 1 saturated carbocycles. The van der Waals surface area contributed by atoms with Gasteiger partial charge in [-0.15, -0.1) is 0 Å². The van der Waals surface area contributed by atoms with Gasteiger partial charge in [0.25, 0.3) is 0 Å².